The summed E-state index contributed by atoms with van der Waals surface area (Å²) in [4.78, 5) is 4.61. The van der Waals surface area contributed by atoms with Gasteiger partial charge in [-0.1, -0.05) is 25.1 Å². The summed E-state index contributed by atoms with van der Waals surface area (Å²) in [5.74, 6) is 1.17. The monoisotopic (exact) mass is 336 g/mol. The molecule has 124 valence electrons. The van der Waals surface area contributed by atoms with E-state index in [-0.39, 0.29) is 6.54 Å². The molecule has 3 rings (SSSR count). The molecule has 23 heavy (non-hydrogen) atoms. The standard InChI is InChI=1S/C15H20N4O3S/c1-3-12-6-4-5-7-14(12)23(20,21)19-8-9-22-13(10-19)15-16-11(2)17-18-15/h4-7,13H,3,8-10H2,1-2H3,(H,16,17,18). The summed E-state index contributed by atoms with van der Waals surface area (Å²) in [6.07, 6.45) is 0.223. The number of nitrogens with one attached hydrogen (secondary N) is 1. The number of sulfonamides is 1. The van der Waals surface area contributed by atoms with E-state index < -0.39 is 16.1 Å². The number of hydrogen-bond acceptors (Lipinski definition) is 5. The smallest absolute Gasteiger partial charge is 0.243 e. The van der Waals surface area contributed by atoms with Gasteiger partial charge in [0.25, 0.3) is 0 Å². The van der Waals surface area contributed by atoms with Crippen LogP contribution < -0.4 is 0 Å². The van der Waals surface area contributed by atoms with Crippen LogP contribution in [0.1, 0.15) is 30.2 Å². The van der Waals surface area contributed by atoms with E-state index in [1.165, 1.54) is 4.31 Å². The second-order valence-corrected chi connectivity index (χ2v) is 7.37. The van der Waals surface area contributed by atoms with E-state index in [0.29, 0.717) is 36.1 Å². The van der Waals surface area contributed by atoms with Crippen LogP contribution in [-0.2, 0) is 21.2 Å². The van der Waals surface area contributed by atoms with E-state index in [2.05, 4.69) is 15.2 Å². The van der Waals surface area contributed by atoms with E-state index in [1.807, 2.05) is 19.1 Å². The van der Waals surface area contributed by atoms with Crippen molar-refractivity contribution in [2.45, 2.75) is 31.3 Å². The molecule has 2 aromatic rings. The molecule has 0 amide bonds. The molecule has 0 aliphatic carbocycles. The molecule has 8 heteroatoms. The average molecular weight is 336 g/mol. The zero-order valence-corrected chi connectivity index (χ0v) is 14.0. The molecule has 1 aromatic heterocycles. The molecule has 7 nitrogen and oxygen atoms in total. The molecule has 1 saturated heterocycles. The number of morpholine rings is 1. The molecule has 1 unspecified atom stereocenters. The van der Waals surface area contributed by atoms with Gasteiger partial charge in [-0.15, -0.1) is 0 Å². The van der Waals surface area contributed by atoms with Crippen molar-refractivity contribution in [1.29, 1.82) is 0 Å². The van der Waals surface area contributed by atoms with Gasteiger partial charge < -0.3 is 4.74 Å². The summed E-state index contributed by atoms with van der Waals surface area (Å²) in [7, 11) is -3.55. The molecule has 1 aliphatic heterocycles. The largest absolute Gasteiger partial charge is 0.367 e. The maximum absolute atomic E-state index is 13.0. The minimum atomic E-state index is -3.55. The van der Waals surface area contributed by atoms with Gasteiger partial charge in [0.05, 0.1) is 11.5 Å². The highest BCUT2D eigenvalue weighted by molar-refractivity contribution is 7.89. The number of ether oxygens (including phenoxy) is 1. The van der Waals surface area contributed by atoms with Crippen LogP contribution in [0.5, 0.6) is 0 Å². The third-order valence-electron chi connectivity index (χ3n) is 3.90. The first-order valence-electron chi connectivity index (χ1n) is 7.61. The first kappa shape index (κ1) is 16.1. The Balaban J connectivity index is 1.88. The van der Waals surface area contributed by atoms with Crippen LogP contribution >= 0.6 is 0 Å². The summed E-state index contributed by atoms with van der Waals surface area (Å²) < 4.78 is 33.0. The zero-order chi connectivity index (χ0) is 16.4. The molecule has 1 fully saturated rings. The van der Waals surface area contributed by atoms with Gasteiger partial charge in [0.2, 0.25) is 10.0 Å². The summed E-state index contributed by atoms with van der Waals surface area (Å²) in [6.45, 7) is 4.63. The number of benzene rings is 1. The number of hydrogen-bond donors (Lipinski definition) is 1. The highest BCUT2D eigenvalue weighted by Crippen LogP contribution is 2.26. The first-order valence-corrected chi connectivity index (χ1v) is 9.05. The number of nitrogens with zero attached hydrogens (tertiary/aromatic N) is 3. The summed E-state index contributed by atoms with van der Waals surface area (Å²) in [5, 5.41) is 6.84. The summed E-state index contributed by atoms with van der Waals surface area (Å²) in [5.41, 5.74) is 0.823. The Bertz CT molecular complexity index is 788. The molecular formula is C15H20N4O3S. The van der Waals surface area contributed by atoms with Crippen molar-refractivity contribution in [1.82, 2.24) is 19.5 Å². The second-order valence-electron chi connectivity index (χ2n) is 5.46. The van der Waals surface area contributed by atoms with Crippen molar-refractivity contribution in [2.75, 3.05) is 19.7 Å². The van der Waals surface area contributed by atoms with Gasteiger partial charge in [-0.25, -0.2) is 13.4 Å². The van der Waals surface area contributed by atoms with E-state index >= 15 is 0 Å². The lowest BCUT2D eigenvalue weighted by atomic mass is 10.2. The van der Waals surface area contributed by atoms with Crippen molar-refractivity contribution in [3.8, 4) is 0 Å². The Morgan fingerprint density at radius 1 is 1.39 bits per heavy atom. The predicted octanol–water partition coefficient (Wildman–Crippen LogP) is 1.44. The van der Waals surface area contributed by atoms with Gasteiger partial charge in [-0.05, 0) is 25.0 Å². The molecule has 1 aromatic carbocycles. The van der Waals surface area contributed by atoms with Crippen LogP contribution in [0.3, 0.4) is 0 Å². The van der Waals surface area contributed by atoms with Crippen molar-refractivity contribution < 1.29 is 13.2 Å². The topological polar surface area (TPSA) is 88.2 Å². The molecule has 1 N–H and O–H groups in total. The average Bonchev–Trinajstić information content (AvgIpc) is 3.01. The highest BCUT2D eigenvalue weighted by atomic mass is 32.2. The lowest BCUT2D eigenvalue weighted by molar-refractivity contribution is -0.00736. The van der Waals surface area contributed by atoms with Gasteiger partial charge in [-0.2, -0.15) is 9.40 Å². The van der Waals surface area contributed by atoms with Crippen molar-refractivity contribution in [2.24, 2.45) is 0 Å². The van der Waals surface area contributed by atoms with Crippen molar-refractivity contribution in [3.63, 3.8) is 0 Å². The van der Waals surface area contributed by atoms with Crippen LogP contribution in [0.15, 0.2) is 29.2 Å². The summed E-state index contributed by atoms with van der Waals surface area (Å²) >= 11 is 0. The number of H-pyrrole nitrogens is 1. The van der Waals surface area contributed by atoms with Crippen LogP contribution in [0.2, 0.25) is 0 Å². The molecule has 0 bridgehead atoms. The lowest BCUT2D eigenvalue weighted by Gasteiger charge is -2.31. The van der Waals surface area contributed by atoms with Crippen molar-refractivity contribution in [3.05, 3.63) is 41.5 Å². The Morgan fingerprint density at radius 2 is 2.17 bits per heavy atom. The van der Waals surface area contributed by atoms with Crippen molar-refractivity contribution >= 4 is 10.0 Å². The SMILES string of the molecule is CCc1ccccc1S(=O)(=O)N1CCOC(c2n[nH]c(C)n2)C1. The number of aromatic amines is 1. The maximum atomic E-state index is 13.0. The van der Waals surface area contributed by atoms with Gasteiger partial charge in [0.1, 0.15) is 11.9 Å². The second kappa shape index (κ2) is 6.38. The number of rotatable bonds is 4. The van der Waals surface area contributed by atoms with Gasteiger partial charge in [0.15, 0.2) is 5.82 Å². The molecule has 1 aliphatic rings. The molecule has 0 spiro atoms. The fraction of sp³-hybridized carbons (Fsp3) is 0.467. The van der Waals surface area contributed by atoms with Gasteiger partial charge in [-0.3, -0.25) is 5.10 Å². The third kappa shape index (κ3) is 3.15. The predicted molar refractivity (Wildman–Crippen MR) is 84.4 cm³/mol. The van der Waals surface area contributed by atoms with Crippen LogP contribution in [0, 0.1) is 6.92 Å². The normalized spacial score (nSPS) is 19.8. The van der Waals surface area contributed by atoms with E-state index in [4.69, 9.17) is 4.74 Å². The minimum absolute atomic E-state index is 0.220. The highest BCUT2D eigenvalue weighted by Gasteiger charge is 2.33. The van der Waals surface area contributed by atoms with Crippen LogP contribution in [0.25, 0.3) is 0 Å². The summed E-state index contributed by atoms with van der Waals surface area (Å²) in [6, 6.07) is 7.12. The fourth-order valence-corrected chi connectivity index (χ4v) is 4.41. The Labute approximate surface area is 135 Å². The number of aryl methyl sites for hydroxylation is 2. The Hall–Kier alpha value is -1.77. The third-order valence-corrected chi connectivity index (χ3v) is 5.87. The van der Waals surface area contributed by atoms with E-state index in [0.717, 1.165) is 5.56 Å². The van der Waals surface area contributed by atoms with Gasteiger partial charge >= 0.3 is 0 Å². The quantitative estimate of drug-likeness (QED) is 0.913. The van der Waals surface area contributed by atoms with Crippen LogP contribution in [-0.4, -0.2) is 47.6 Å². The maximum Gasteiger partial charge on any atom is 0.243 e. The molecule has 2 heterocycles. The lowest BCUT2D eigenvalue weighted by Crippen LogP contribution is -2.42. The van der Waals surface area contributed by atoms with Crippen LogP contribution in [0.4, 0.5) is 0 Å². The first-order chi connectivity index (χ1) is 11.0. The van der Waals surface area contributed by atoms with E-state index in [9.17, 15) is 8.42 Å². The zero-order valence-electron chi connectivity index (χ0n) is 13.2. The van der Waals surface area contributed by atoms with Gasteiger partial charge in [0, 0.05) is 13.1 Å². The van der Waals surface area contributed by atoms with E-state index in [1.54, 1.807) is 19.1 Å². The molecular weight excluding hydrogens is 316 g/mol. The molecule has 0 saturated carbocycles. The molecule has 0 radical (unpaired) electrons. The fourth-order valence-electron chi connectivity index (χ4n) is 2.69. The molecule has 1 atom stereocenters. The minimum Gasteiger partial charge on any atom is -0.367 e. The Kier molecular flexibility index (Phi) is 4.47. The Morgan fingerprint density at radius 3 is 2.87 bits per heavy atom. The number of aromatic nitrogens is 3.